The molecule has 0 aromatic heterocycles. The molecule has 152 valence electrons. The van der Waals surface area contributed by atoms with Gasteiger partial charge < -0.3 is 14.6 Å². The number of hydrogen-bond acceptors (Lipinski definition) is 4. The van der Waals surface area contributed by atoms with Gasteiger partial charge in [0.05, 0.1) is 13.0 Å². The zero-order chi connectivity index (χ0) is 20.4. The summed E-state index contributed by atoms with van der Waals surface area (Å²) in [5.74, 6) is 0.833. The van der Waals surface area contributed by atoms with E-state index in [-0.39, 0.29) is 5.92 Å². The molecule has 1 fully saturated rings. The summed E-state index contributed by atoms with van der Waals surface area (Å²) >= 11 is 0. The van der Waals surface area contributed by atoms with Gasteiger partial charge in [0.2, 0.25) is 0 Å². The van der Waals surface area contributed by atoms with Gasteiger partial charge in [-0.1, -0.05) is 29.8 Å². The Labute approximate surface area is 171 Å². The fraction of sp³-hybridized carbons (Fsp3) is 0.375. The van der Waals surface area contributed by atoms with E-state index in [1.54, 1.807) is 7.11 Å². The lowest BCUT2D eigenvalue weighted by Gasteiger charge is -2.38. The molecule has 5 heteroatoms. The molecule has 1 heterocycles. The van der Waals surface area contributed by atoms with Crippen molar-refractivity contribution in [2.45, 2.75) is 26.4 Å². The molecule has 5 nitrogen and oxygen atoms in total. The Bertz CT molecular complexity index is 944. The number of nitrogens with zero attached hydrogens (tertiary/aromatic N) is 1. The van der Waals surface area contributed by atoms with Crippen LogP contribution in [0.2, 0.25) is 0 Å². The summed E-state index contributed by atoms with van der Waals surface area (Å²) in [7, 11) is 1.67. The number of likely N-dealkylation sites (tertiary alicyclic amines) is 1. The minimum atomic E-state index is -0.679. The number of carboxylic acids is 1. The van der Waals surface area contributed by atoms with E-state index in [1.165, 1.54) is 22.3 Å². The van der Waals surface area contributed by atoms with E-state index in [2.05, 4.69) is 24.0 Å². The number of aryl methyl sites for hydroxylation is 1. The smallest absolute Gasteiger partial charge is 0.309 e. The second-order valence-electron chi connectivity index (χ2n) is 7.88. The maximum absolute atomic E-state index is 11.0. The van der Waals surface area contributed by atoms with Crippen molar-refractivity contribution in [1.29, 1.82) is 0 Å². The van der Waals surface area contributed by atoms with Crippen LogP contribution in [-0.4, -0.2) is 42.7 Å². The Hall–Kier alpha value is -2.79. The first-order chi connectivity index (χ1) is 14.0. The molecule has 0 bridgehead atoms. The van der Waals surface area contributed by atoms with Crippen LogP contribution in [0, 0.1) is 5.92 Å². The highest BCUT2D eigenvalue weighted by atomic mass is 16.5. The molecular formula is C24H27NO4. The molecule has 0 radical (unpaired) electrons. The zero-order valence-electron chi connectivity index (χ0n) is 17.0. The number of allylic oxidation sites excluding steroid dienone is 1. The van der Waals surface area contributed by atoms with Gasteiger partial charge in [-0.2, -0.15) is 0 Å². The second-order valence-corrected chi connectivity index (χ2v) is 7.88. The average Bonchev–Trinajstić information content (AvgIpc) is 2.70. The van der Waals surface area contributed by atoms with Gasteiger partial charge in [-0.15, -0.1) is 0 Å². The monoisotopic (exact) mass is 393 g/mol. The molecule has 29 heavy (non-hydrogen) atoms. The van der Waals surface area contributed by atoms with E-state index in [0.717, 1.165) is 36.4 Å². The first-order valence-corrected chi connectivity index (χ1v) is 10.1. The highest BCUT2D eigenvalue weighted by Gasteiger charge is 2.33. The molecule has 0 saturated carbocycles. The van der Waals surface area contributed by atoms with Crippen LogP contribution < -0.4 is 9.47 Å². The Kier molecular flexibility index (Phi) is 5.58. The van der Waals surface area contributed by atoms with E-state index in [0.29, 0.717) is 19.7 Å². The molecule has 2 aromatic rings. The maximum Gasteiger partial charge on any atom is 0.309 e. The van der Waals surface area contributed by atoms with Gasteiger partial charge in [-0.3, -0.25) is 9.69 Å². The molecule has 0 atom stereocenters. The number of rotatable bonds is 7. The van der Waals surface area contributed by atoms with Crippen molar-refractivity contribution < 1.29 is 19.4 Å². The molecule has 0 spiro atoms. The quantitative estimate of drug-likeness (QED) is 0.770. The van der Waals surface area contributed by atoms with Gasteiger partial charge in [-0.25, -0.2) is 0 Å². The SMILES string of the molecule is COc1ccccc1COc1ccc2c(c1)CCC(CN1CC(C(=O)O)C1)=C2C. The molecule has 1 aliphatic carbocycles. The van der Waals surface area contributed by atoms with E-state index in [9.17, 15) is 4.79 Å². The molecule has 2 aromatic carbocycles. The van der Waals surface area contributed by atoms with Crippen LogP contribution in [0.5, 0.6) is 11.5 Å². The molecule has 2 aliphatic rings. The number of fused-ring (bicyclic) bond motifs is 1. The fourth-order valence-corrected chi connectivity index (χ4v) is 4.20. The Morgan fingerprint density at radius 3 is 2.72 bits per heavy atom. The van der Waals surface area contributed by atoms with Crippen molar-refractivity contribution in [3.63, 3.8) is 0 Å². The normalized spacial score (nSPS) is 16.9. The van der Waals surface area contributed by atoms with Crippen molar-refractivity contribution in [3.8, 4) is 11.5 Å². The van der Waals surface area contributed by atoms with Crippen LogP contribution in [-0.2, 0) is 17.8 Å². The summed E-state index contributed by atoms with van der Waals surface area (Å²) in [6, 6.07) is 14.2. The topological polar surface area (TPSA) is 59.0 Å². The van der Waals surface area contributed by atoms with Crippen LogP contribution in [0.3, 0.4) is 0 Å². The van der Waals surface area contributed by atoms with E-state index in [1.807, 2.05) is 30.3 Å². The largest absolute Gasteiger partial charge is 0.496 e. The summed E-state index contributed by atoms with van der Waals surface area (Å²) < 4.78 is 11.4. The van der Waals surface area contributed by atoms with Crippen LogP contribution >= 0.6 is 0 Å². The van der Waals surface area contributed by atoms with Crippen LogP contribution in [0.25, 0.3) is 5.57 Å². The number of para-hydroxylation sites is 1. The molecule has 0 amide bonds. The summed E-state index contributed by atoms with van der Waals surface area (Å²) in [6.07, 6.45) is 2.01. The first-order valence-electron chi connectivity index (χ1n) is 10.1. The molecule has 1 saturated heterocycles. The van der Waals surface area contributed by atoms with Gasteiger partial charge in [0.1, 0.15) is 18.1 Å². The number of carboxylic acid groups (broad SMARTS) is 1. The predicted molar refractivity (Wildman–Crippen MR) is 112 cm³/mol. The molecule has 0 unspecified atom stereocenters. The van der Waals surface area contributed by atoms with E-state index < -0.39 is 5.97 Å². The van der Waals surface area contributed by atoms with Crippen LogP contribution in [0.15, 0.2) is 48.0 Å². The summed E-state index contributed by atoms with van der Waals surface area (Å²) in [4.78, 5) is 13.2. The summed E-state index contributed by atoms with van der Waals surface area (Å²) in [6.45, 7) is 4.85. The predicted octanol–water partition coefficient (Wildman–Crippen LogP) is 4.01. The standard InChI is InChI=1S/C24H27NO4/c1-16-18(12-25-13-20(14-25)24(26)27)8-7-17-11-21(9-10-22(16)17)29-15-19-5-3-4-6-23(19)28-2/h3-6,9-11,20H,7-8,12-15H2,1-2H3,(H,26,27). The van der Waals surface area contributed by atoms with E-state index in [4.69, 9.17) is 14.6 Å². The lowest BCUT2D eigenvalue weighted by atomic mass is 9.85. The summed E-state index contributed by atoms with van der Waals surface area (Å²) in [5.41, 5.74) is 6.37. The van der Waals surface area contributed by atoms with Crippen molar-refractivity contribution in [3.05, 3.63) is 64.7 Å². The minimum Gasteiger partial charge on any atom is -0.496 e. The van der Waals surface area contributed by atoms with Gasteiger partial charge >= 0.3 is 5.97 Å². The lowest BCUT2D eigenvalue weighted by Crippen LogP contribution is -2.50. The zero-order valence-corrected chi connectivity index (χ0v) is 17.0. The van der Waals surface area contributed by atoms with Crippen molar-refractivity contribution >= 4 is 11.5 Å². The van der Waals surface area contributed by atoms with Gasteiger partial charge in [-0.05, 0) is 54.7 Å². The third-order valence-corrected chi connectivity index (χ3v) is 6.01. The summed E-state index contributed by atoms with van der Waals surface area (Å²) in [5, 5.41) is 9.05. The third-order valence-electron chi connectivity index (χ3n) is 6.01. The number of benzene rings is 2. The van der Waals surface area contributed by atoms with Crippen molar-refractivity contribution in [1.82, 2.24) is 4.90 Å². The van der Waals surface area contributed by atoms with Crippen LogP contribution in [0.4, 0.5) is 0 Å². The van der Waals surface area contributed by atoms with Crippen molar-refractivity contribution in [2.75, 3.05) is 26.7 Å². The number of carbonyl (C=O) groups is 1. The van der Waals surface area contributed by atoms with Crippen LogP contribution in [0.1, 0.15) is 30.0 Å². The molecule has 1 aliphatic heterocycles. The Balaban J connectivity index is 1.42. The Morgan fingerprint density at radius 2 is 1.97 bits per heavy atom. The Morgan fingerprint density at radius 1 is 1.17 bits per heavy atom. The minimum absolute atomic E-state index is 0.199. The van der Waals surface area contributed by atoms with Crippen molar-refractivity contribution in [2.24, 2.45) is 5.92 Å². The van der Waals surface area contributed by atoms with Gasteiger partial charge in [0.15, 0.2) is 0 Å². The number of methoxy groups -OCH3 is 1. The third kappa shape index (κ3) is 4.15. The van der Waals surface area contributed by atoms with E-state index >= 15 is 0 Å². The first kappa shape index (κ1) is 19.5. The maximum atomic E-state index is 11.0. The highest BCUT2D eigenvalue weighted by Crippen LogP contribution is 2.35. The highest BCUT2D eigenvalue weighted by molar-refractivity contribution is 5.73. The lowest BCUT2D eigenvalue weighted by molar-refractivity contribution is -0.147. The van der Waals surface area contributed by atoms with Gasteiger partial charge in [0.25, 0.3) is 0 Å². The number of aliphatic carboxylic acids is 1. The molecule has 4 rings (SSSR count). The average molecular weight is 393 g/mol. The fourth-order valence-electron chi connectivity index (χ4n) is 4.20. The van der Waals surface area contributed by atoms with Gasteiger partial charge in [0, 0.05) is 25.2 Å². The number of ether oxygens (including phenoxy) is 2. The second kappa shape index (κ2) is 8.29. The molecular weight excluding hydrogens is 366 g/mol. The molecule has 1 N–H and O–H groups in total. The number of hydrogen-bond donors (Lipinski definition) is 1.